The van der Waals surface area contributed by atoms with Gasteiger partial charge in [0.15, 0.2) is 6.10 Å². The maximum Gasteiger partial charge on any atom is 0.340 e. The quantitative estimate of drug-likeness (QED) is 0.753. The lowest BCUT2D eigenvalue weighted by atomic mass is 10.1. The Morgan fingerprint density at radius 1 is 1.04 bits per heavy atom. The summed E-state index contributed by atoms with van der Waals surface area (Å²) in [4.78, 5) is 24.7. The number of esters is 1. The highest BCUT2D eigenvalue weighted by Gasteiger charge is 2.21. The largest absolute Gasteiger partial charge is 0.481 e. The van der Waals surface area contributed by atoms with Gasteiger partial charge >= 0.3 is 5.97 Å². The van der Waals surface area contributed by atoms with Gasteiger partial charge in [0.1, 0.15) is 5.75 Å². The van der Waals surface area contributed by atoms with Gasteiger partial charge in [-0.3, -0.25) is 4.79 Å². The monoisotopic (exact) mass is 355 g/mol. The van der Waals surface area contributed by atoms with Crippen LogP contribution in [0.2, 0.25) is 0 Å². The van der Waals surface area contributed by atoms with Crippen molar-refractivity contribution in [2.75, 3.05) is 11.9 Å². The van der Waals surface area contributed by atoms with Crippen LogP contribution < -0.4 is 10.1 Å². The number of rotatable bonds is 7. The molecule has 0 heterocycles. The second-order valence-corrected chi connectivity index (χ2v) is 6.02. The Kier molecular flexibility index (Phi) is 6.78. The molecule has 0 radical (unpaired) electrons. The van der Waals surface area contributed by atoms with Gasteiger partial charge in [0, 0.05) is 0 Å². The Balaban J connectivity index is 2.14. The van der Waals surface area contributed by atoms with Crippen LogP contribution >= 0.6 is 0 Å². The number of para-hydroxylation sites is 1. The van der Waals surface area contributed by atoms with Gasteiger partial charge in [0.25, 0.3) is 5.91 Å². The highest BCUT2D eigenvalue weighted by Crippen LogP contribution is 2.21. The van der Waals surface area contributed by atoms with Crippen molar-refractivity contribution in [2.24, 2.45) is 0 Å². The maximum absolute atomic E-state index is 12.6. The molecule has 5 heteroatoms. The van der Waals surface area contributed by atoms with Crippen LogP contribution in [0.25, 0.3) is 0 Å². The molecule has 5 nitrogen and oxygen atoms in total. The molecule has 0 aliphatic heterocycles. The summed E-state index contributed by atoms with van der Waals surface area (Å²) >= 11 is 0. The molecule has 0 fully saturated rings. The molecule has 26 heavy (non-hydrogen) atoms. The molecule has 0 aliphatic rings. The first-order valence-electron chi connectivity index (χ1n) is 8.77. The molecule has 0 spiro atoms. The number of aryl methyl sites for hydroxylation is 2. The summed E-state index contributed by atoms with van der Waals surface area (Å²) < 4.78 is 10.9. The molecule has 0 bridgehead atoms. The smallest absolute Gasteiger partial charge is 0.340 e. The number of benzene rings is 2. The Labute approximate surface area is 154 Å². The summed E-state index contributed by atoms with van der Waals surface area (Å²) in [6, 6.07) is 12.5. The third kappa shape index (κ3) is 4.85. The van der Waals surface area contributed by atoms with E-state index in [1.807, 2.05) is 39.0 Å². The van der Waals surface area contributed by atoms with Crippen LogP contribution in [0, 0.1) is 13.8 Å². The summed E-state index contributed by atoms with van der Waals surface area (Å²) in [6.07, 6.45) is -0.160. The van der Waals surface area contributed by atoms with Crippen molar-refractivity contribution < 1.29 is 19.1 Å². The van der Waals surface area contributed by atoms with Gasteiger partial charge in [-0.15, -0.1) is 0 Å². The van der Waals surface area contributed by atoms with Crippen LogP contribution in [0.15, 0.2) is 42.5 Å². The Bertz CT molecular complexity index is 785. The van der Waals surface area contributed by atoms with Crippen molar-refractivity contribution in [3.05, 3.63) is 59.2 Å². The molecule has 1 N–H and O–H groups in total. The normalized spacial score (nSPS) is 11.5. The molecule has 2 aromatic rings. The summed E-state index contributed by atoms with van der Waals surface area (Å²) in [5.74, 6) is -0.122. The van der Waals surface area contributed by atoms with Crippen molar-refractivity contribution >= 4 is 17.6 Å². The maximum atomic E-state index is 12.6. The molecule has 0 aliphatic carbocycles. The van der Waals surface area contributed by atoms with Crippen LogP contribution in [0.3, 0.4) is 0 Å². The van der Waals surface area contributed by atoms with E-state index >= 15 is 0 Å². The topological polar surface area (TPSA) is 64.6 Å². The minimum Gasteiger partial charge on any atom is -0.481 e. The van der Waals surface area contributed by atoms with E-state index in [4.69, 9.17) is 9.47 Å². The standard InChI is InChI=1S/C21H25NO4/c1-5-19(26-16-12-11-14(3)15(4)13-16)20(23)22-18-10-8-7-9-17(18)21(24)25-6-2/h7-13,19H,5-6H2,1-4H3,(H,22,23)/t19-/m1/s1. The molecular formula is C21H25NO4. The lowest BCUT2D eigenvalue weighted by Gasteiger charge is -2.19. The van der Waals surface area contributed by atoms with Crippen LogP contribution in [-0.4, -0.2) is 24.6 Å². The fourth-order valence-electron chi connectivity index (χ4n) is 2.47. The number of anilines is 1. The third-order valence-corrected chi connectivity index (χ3v) is 4.10. The van der Waals surface area contributed by atoms with E-state index in [1.54, 1.807) is 31.2 Å². The molecule has 0 saturated carbocycles. The molecule has 0 saturated heterocycles. The number of hydrogen-bond donors (Lipinski definition) is 1. The van der Waals surface area contributed by atoms with Crippen molar-refractivity contribution in [3.8, 4) is 5.75 Å². The molecule has 138 valence electrons. The van der Waals surface area contributed by atoms with Crippen LogP contribution in [0.5, 0.6) is 5.75 Å². The summed E-state index contributed by atoms with van der Waals surface area (Å²) in [7, 11) is 0. The van der Waals surface area contributed by atoms with E-state index in [9.17, 15) is 9.59 Å². The number of ether oxygens (including phenoxy) is 2. The molecule has 2 rings (SSSR count). The average molecular weight is 355 g/mol. The van der Waals surface area contributed by atoms with E-state index in [2.05, 4.69) is 5.32 Å². The number of nitrogens with one attached hydrogen (secondary N) is 1. The zero-order chi connectivity index (χ0) is 19.1. The summed E-state index contributed by atoms with van der Waals surface area (Å²) in [5.41, 5.74) is 3.01. The Morgan fingerprint density at radius 3 is 2.42 bits per heavy atom. The molecule has 0 aromatic heterocycles. The second kappa shape index (κ2) is 9.04. The summed E-state index contributed by atoms with van der Waals surface area (Å²) in [5, 5.41) is 2.78. The Morgan fingerprint density at radius 2 is 1.77 bits per heavy atom. The predicted octanol–water partition coefficient (Wildman–Crippen LogP) is 4.28. The molecule has 1 amide bonds. The van der Waals surface area contributed by atoms with Gasteiger partial charge < -0.3 is 14.8 Å². The van der Waals surface area contributed by atoms with Crippen molar-refractivity contribution in [1.82, 2.24) is 0 Å². The highest BCUT2D eigenvalue weighted by atomic mass is 16.5. The minimum absolute atomic E-state index is 0.272. The molecule has 0 unspecified atom stereocenters. The van der Waals surface area contributed by atoms with Crippen LogP contribution in [0.4, 0.5) is 5.69 Å². The lowest BCUT2D eigenvalue weighted by Crippen LogP contribution is -2.33. The van der Waals surface area contributed by atoms with E-state index in [0.717, 1.165) is 5.56 Å². The third-order valence-electron chi connectivity index (χ3n) is 4.10. The first-order valence-corrected chi connectivity index (χ1v) is 8.77. The van der Waals surface area contributed by atoms with E-state index in [1.165, 1.54) is 5.56 Å². The zero-order valence-electron chi connectivity index (χ0n) is 15.7. The van der Waals surface area contributed by atoms with Crippen molar-refractivity contribution in [2.45, 2.75) is 40.2 Å². The molecule has 2 aromatic carbocycles. The SMILES string of the molecule is CCOC(=O)c1ccccc1NC(=O)[C@@H](CC)Oc1ccc(C)c(C)c1. The highest BCUT2D eigenvalue weighted by molar-refractivity contribution is 6.02. The number of carbonyl (C=O) groups excluding carboxylic acids is 2. The van der Waals surface area contributed by atoms with E-state index in [-0.39, 0.29) is 12.5 Å². The number of amides is 1. The fourth-order valence-corrected chi connectivity index (χ4v) is 2.47. The predicted molar refractivity (Wildman–Crippen MR) is 102 cm³/mol. The van der Waals surface area contributed by atoms with Crippen molar-refractivity contribution in [1.29, 1.82) is 0 Å². The van der Waals surface area contributed by atoms with Crippen LogP contribution in [0.1, 0.15) is 41.8 Å². The lowest BCUT2D eigenvalue weighted by molar-refractivity contribution is -0.122. The fraction of sp³-hybridized carbons (Fsp3) is 0.333. The first kappa shape index (κ1) is 19.5. The van der Waals surface area contributed by atoms with Gasteiger partial charge in [-0.1, -0.05) is 25.1 Å². The second-order valence-electron chi connectivity index (χ2n) is 6.02. The van der Waals surface area contributed by atoms with Gasteiger partial charge in [-0.2, -0.15) is 0 Å². The Hall–Kier alpha value is -2.82. The average Bonchev–Trinajstić information content (AvgIpc) is 2.63. The molecule has 1 atom stereocenters. The number of carbonyl (C=O) groups is 2. The van der Waals surface area contributed by atoms with Gasteiger partial charge in [0.2, 0.25) is 0 Å². The first-order chi connectivity index (χ1) is 12.5. The van der Waals surface area contributed by atoms with E-state index < -0.39 is 12.1 Å². The minimum atomic E-state index is -0.660. The van der Waals surface area contributed by atoms with E-state index in [0.29, 0.717) is 23.4 Å². The van der Waals surface area contributed by atoms with Gasteiger partial charge in [0.05, 0.1) is 17.9 Å². The van der Waals surface area contributed by atoms with Gasteiger partial charge in [-0.05, 0) is 62.6 Å². The van der Waals surface area contributed by atoms with Crippen molar-refractivity contribution in [3.63, 3.8) is 0 Å². The summed E-state index contributed by atoms with van der Waals surface area (Å²) in [6.45, 7) is 7.91. The zero-order valence-corrected chi connectivity index (χ0v) is 15.7. The number of hydrogen-bond acceptors (Lipinski definition) is 4. The van der Waals surface area contributed by atoms with Crippen LogP contribution in [-0.2, 0) is 9.53 Å². The van der Waals surface area contributed by atoms with Gasteiger partial charge in [-0.25, -0.2) is 4.79 Å². The molecular weight excluding hydrogens is 330 g/mol.